The van der Waals surface area contributed by atoms with Gasteiger partial charge in [0.05, 0.1) is 30.6 Å². The van der Waals surface area contributed by atoms with Gasteiger partial charge < -0.3 is 19.5 Å². The van der Waals surface area contributed by atoms with Gasteiger partial charge >= 0.3 is 6.01 Å². The Morgan fingerprint density at radius 2 is 1.84 bits per heavy atom. The zero-order valence-corrected chi connectivity index (χ0v) is 21.3. The molecule has 0 spiro atoms. The van der Waals surface area contributed by atoms with Gasteiger partial charge in [0.25, 0.3) is 0 Å². The molecule has 0 amide bonds. The highest BCUT2D eigenvalue weighted by Crippen LogP contribution is 2.36. The lowest BCUT2D eigenvalue weighted by Gasteiger charge is -2.56. The Kier molecular flexibility index (Phi) is 5.92. The second-order valence-electron chi connectivity index (χ2n) is 10.5. The van der Waals surface area contributed by atoms with Crippen molar-refractivity contribution in [3.63, 3.8) is 0 Å². The average molecular weight is 502 g/mol. The fourth-order valence-electron chi connectivity index (χ4n) is 5.18. The molecular formula is C27H31N7O3. The molecule has 7 rings (SSSR count). The Balaban J connectivity index is 1.15. The zero-order valence-electron chi connectivity index (χ0n) is 21.3. The molecule has 2 bridgehead atoms. The molecular weight excluding hydrogens is 470 g/mol. The van der Waals surface area contributed by atoms with Crippen molar-refractivity contribution in [2.45, 2.75) is 44.5 Å². The number of methoxy groups -OCH3 is 1. The predicted octanol–water partition coefficient (Wildman–Crippen LogP) is 2.81. The van der Waals surface area contributed by atoms with Crippen molar-refractivity contribution in [1.82, 2.24) is 29.5 Å². The Hall–Kier alpha value is -3.76. The van der Waals surface area contributed by atoms with Crippen molar-refractivity contribution in [3.8, 4) is 22.9 Å². The van der Waals surface area contributed by atoms with Crippen molar-refractivity contribution >= 4 is 11.3 Å². The molecule has 10 heteroatoms. The van der Waals surface area contributed by atoms with E-state index in [2.05, 4.69) is 37.0 Å². The van der Waals surface area contributed by atoms with E-state index in [1.54, 1.807) is 31.7 Å². The van der Waals surface area contributed by atoms with Gasteiger partial charge in [-0.05, 0) is 44.5 Å². The number of anilines is 1. The van der Waals surface area contributed by atoms with Crippen LogP contribution in [-0.2, 0) is 6.54 Å². The summed E-state index contributed by atoms with van der Waals surface area (Å²) in [6, 6.07) is 9.56. The van der Waals surface area contributed by atoms with E-state index in [4.69, 9.17) is 14.5 Å². The standard InChI is InChI=1S/C27H31N7O3/c1-27(2,35)17-37-22-9-23(24-6-7-31-34(24)16-22)19-4-5-25(28-12-19)32-14-20-8-21(15-32)33(20)13-18-10-29-26(36-3)30-11-18/h4-7,9-12,16,20-21,35H,8,13-15,17H2,1-3H3. The van der Waals surface area contributed by atoms with E-state index in [9.17, 15) is 5.11 Å². The third kappa shape index (κ3) is 4.82. The van der Waals surface area contributed by atoms with Crippen LogP contribution < -0.4 is 14.4 Å². The maximum absolute atomic E-state index is 10.0. The van der Waals surface area contributed by atoms with Crippen LogP contribution in [0, 0.1) is 0 Å². The number of piperazine rings is 1. The van der Waals surface area contributed by atoms with Crippen LogP contribution in [0.25, 0.3) is 16.6 Å². The third-order valence-electron chi connectivity index (χ3n) is 7.03. The molecule has 7 heterocycles. The first kappa shape index (κ1) is 23.6. The van der Waals surface area contributed by atoms with Gasteiger partial charge in [-0.15, -0.1) is 0 Å². The number of hydrogen-bond donors (Lipinski definition) is 1. The van der Waals surface area contributed by atoms with Gasteiger partial charge in [0, 0.05) is 67.0 Å². The van der Waals surface area contributed by atoms with E-state index in [0.29, 0.717) is 23.8 Å². The van der Waals surface area contributed by atoms with Gasteiger partial charge in [0.15, 0.2) is 0 Å². The van der Waals surface area contributed by atoms with Gasteiger partial charge in [-0.25, -0.2) is 19.5 Å². The number of fused-ring (bicyclic) bond motifs is 3. The fourth-order valence-corrected chi connectivity index (χ4v) is 5.18. The largest absolute Gasteiger partial charge is 0.489 e. The molecule has 3 fully saturated rings. The minimum atomic E-state index is -0.921. The quantitative estimate of drug-likeness (QED) is 0.391. The van der Waals surface area contributed by atoms with Gasteiger partial charge in [0.1, 0.15) is 18.2 Å². The fraction of sp³-hybridized carbons (Fsp3) is 0.407. The van der Waals surface area contributed by atoms with E-state index in [1.165, 1.54) is 6.42 Å². The minimum absolute atomic E-state index is 0.191. The summed E-state index contributed by atoms with van der Waals surface area (Å²) in [7, 11) is 1.58. The van der Waals surface area contributed by atoms with Crippen LogP contribution in [-0.4, -0.2) is 79.1 Å². The molecule has 3 aliphatic rings. The van der Waals surface area contributed by atoms with Crippen LogP contribution in [0.4, 0.5) is 5.82 Å². The number of ether oxygens (including phenoxy) is 2. The van der Waals surface area contributed by atoms with Crippen molar-refractivity contribution < 1.29 is 14.6 Å². The van der Waals surface area contributed by atoms with Gasteiger partial charge in [-0.2, -0.15) is 5.10 Å². The molecule has 1 N–H and O–H groups in total. The van der Waals surface area contributed by atoms with E-state index in [-0.39, 0.29) is 6.61 Å². The van der Waals surface area contributed by atoms with Crippen LogP contribution >= 0.6 is 0 Å². The molecule has 3 saturated heterocycles. The van der Waals surface area contributed by atoms with Crippen LogP contribution in [0.1, 0.15) is 25.8 Å². The molecule has 4 aromatic rings. The first-order chi connectivity index (χ1) is 17.9. The molecule has 3 aliphatic heterocycles. The Morgan fingerprint density at radius 1 is 1.05 bits per heavy atom. The molecule has 0 radical (unpaired) electrons. The number of hydrogen-bond acceptors (Lipinski definition) is 9. The molecule has 0 saturated carbocycles. The highest BCUT2D eigenvalue weighted by molar-refractivity contribution is 5.81. The Morgan fingerprint density at radius 3 is 2.51 bits per heavy atom. The van der Waals surface area contributed by atoms with E-state index >= 15 is 0 Å². The molecule has 4 aromatic heterocycles. The third-order valence-corrected chi connectivity index (χ3v) is 7.03. The van der Waals surface area contributed by atoms with Crippen molar-refractivity contribution in [1.29, 1.82) is 0 Å². The van der Waals surface area contributed by atoms with Crippen LogP contribution in [0.5, 0.6) is 11.8 Å². The summed E-state index contributed by atoms with van der Waals surface area (Å²) in [6.07, 6.45) is 10.4. The van der Waals surface area contributed by atoms with Crippen molar-refractivity contribution in [2.24, 2.45) is 0 Å². The summed E-state index contributed by atoms with van der Waals surface area (Å²) in [5.41, 5.74) is 3.13. The average Bonchev–Trinajstić information content (AvgIpc) is 3.39. The lowest BCUT2D eigenvalue weighted by molar-refractivity contribution is -0.00886. The number of pyridine rings is 2. The minimum Gasteiger partial charge on any atom is -0.489 e. The maximum Gasteiger partial charge on any atom is 0.316 e. The summed E-state index contributed by atoms with van der Waals surface area (Å²) >= 11 is 0. The van der Waals surface area contributed by atoms with Crippen molar-refractivity contribution in [3.05, 3.63) is 60.8 Å². The predicted molar refractivity (Wildman–Crippen MR) is 139 cm³/mol. The van der Waals surface area contributed by atoms with E-state index in [1.807, 2.05) is 36.9 Å². The molecule has 0 aromatic carbocycles. The van der Waals surface area contributed by atoms with Crippen molar-refractivity contribution in [2.75, 3.05) is 31.7 Å². The summed E-state index contributed by atoms with van der Waals surface area (Å²) in [4.78, 5) is 18.2. The zero-order chi connectivity index (χ0) is 25.6. The SMILES string of the molecule is COc1ncc(CN2C3CC2CN(c2ccc(-c4cc(OCC(C)(C)O)cn5nccc45)cn2)C3)cn1. The van der Waals surface area contributed by atoms with E-state index in [0.717, 1.165) is 47.7 Å². The molecule has 2 atom stereocenters. The van der Waals surface area contributed by atoms with E-state index < -0.39 is 5.60 Å². The first-order valence-corrected chi connectivity index (χ1v) is 12.5. The molecule has 2 unspecified atom stereocenters. The Bertz CT molecular complexity index is 1370. The van der Waals surface area contributed by atoms with Crippen LogP contribution in [0.15, 0.2) is 55.2 Å². The second-order valence-corrected chi connectivity index (χ2v) is 10.5. The number of aliphatic hydroxyl groups is 1. The van der Waals surface area contributed by atoms with Gasteiger partial charge in [-0.1, -0.05) is 0 Å². The Labute approximate surface area is 215 Å². The number of piperidine rings is 1. The molecule has 10 nitrogen and oxygen atoms in total. The van der Waals surface area contributed by atoms with Gasteiger partial charge in [-0.3, -0.25) is 4.90 Å². The first-order valence-electron chi connectivity index (χ1n) is 12.5. The smallest absolute Gasteiger partial charge is 0.316 e. The highest BCUT2D eigenvalue weighted by Gasteiger charge is 2.44. The second kappa shape index (κ2) is 9.28. The number of nitrogens with zero attached hydrogens (tertiary/aromatic N) is 7. The number of aromatic nitrogens is 5. The highest BCUT2D eigenvalue weighted by atomic mass is 16.5. The molecule has 192 valence electrons. The summed E-state index contributed by atoms with van der Waals surface area (Å²) < 4.78 is 12.7. The molecule has 0 aliphatic carbocycles. The lowest BCUT2D eigenvalue weighted by Crippen LogP contribution is -2.68. The lowest BCUT2D eigenvalue weighted by atomic mass is 9.87. The normalized spacial score (nSPS) is 19.6. The topological polar surface area (TPSA) is 101 Å². The van der Waals surface area contributed by atoms with Crippen LogP contribution in [0.2, 0.25) is 0 Å². The summed E-state index contributed by atoms with van der Waals surface area (Å²) in [5.74, 6) is 1.64. The number of rotatable bonds is 8. The maximum atomic E-state index is 10.0. The van der Waals surface area contributed by atoms with Crippen LogP contribution in [0.3, 0.4) is 0 Å². The summed E-state index contributed by atoms with van der Waals surface area (Å²) in [5, 5.41) is 14.4. The monoisotopic (exact) mass is 501 g/mol. The molecule has 37 heavy (non-hydrogen) atoms. The summed E-state index contributed by atoms with van der Waals surface area (Å²) in [6.45, 7) is 6.39. The van der Waals surface area contributed by atoms with Gasteiger partial charge in [0.2, 0.25) is 0 Å².